The van der Waals surface area contributed by atoms with Crippen molar-refractivity contribution in [2.24, 2.45) is 0 Å². The maximum absolute atomic E-state index is 13.2. The molecule has 0 unspecified atom stereocenters. The van der Waals surface area contributed by atoms with Crippen LogP contribution in [0.4, 0.5) is 8.78 Å². The van der Waals surface area contributed by atoms with Crippen LogP contribution in [-0.2, 0) is 5.75 Å². The fraction of sp³-hybridized carbons (Fsp3) is 0.455. The number of hydrogen-bond donors (Lipinski definition) is 0. The molecule has 0 aliphatic rings. The topological polar surface area (TPSA) is 0 Å². The molecule has 0 fully saturated rings. The van der Waals surface area contributed by atoms with Gasteiger partial charge in [-0.05, 0) is 18.2 Å². The van der Waals surface area contributed by atoms with Crippen LogP contribution in [0.1, 0.15) is 26.3 Å². The highest BCUT2D eigenvalue weighted by Gasteiger charge is 2.12. The van der Waals surface area contributed by atoms with Crippen molar-refractivity contribution < 1.29 is 8.78 Å². The molecule has 0 radical (unpaired) electrons. The number of halogens is 2. The molecule has 0 saturated carbocycles. The molecule has 0 saturated heterocycles. The summed E-state index contributed by atoms with van der Waals surface area (Å²) in [5.74, 6) is -0.202. The van der Waals surface area contributed by atoms with Crippen molar-refractivity contribution in [1.29, 1.82) is 0 Å². The molecule has 0 aromatic heterocycles. The number of benzene rings is 1. The van der Waals surface area contributed by atoms with E-state index in [9.17, 15) is 8.78 Å². The third-order valence-corrected chi connectivity index (χ3v) is 2.99. The molecule has 78 valence electrons. The van der Waals surface area contributed by atoms with Crippen molar-refractivity contribution in [3.63, 3.8) is 0 Å². The minimum Gasteiger partial charge on any atom is -0.207 e. The maximum Gasteiger partial charge on any atom is 0.127 e. The minimum absolute atomic E-state index is 0.0682. The Morgan fingerprint density at radius 2 is 1.86 bits per heavy atom. The average molecular weight is 216 g/mol. The molecule has 0 amide bonds. The summed E-state index contributed by atoms with van der Waals surface area (Å²) >= 11 is 1.60. The number of rotatable bonds is 2. The van der Waals surface area contributed by atoms with Gasteiger partial charge in [0, 0.05) is 16.1 Å². The Balaban J connectivity index is 2.72. The van der Waals surface area contributed by atoms with E-state index in [4.69, 9.17) is 0 Å². The Labute approximate surface area is 87.7 Å². The molecule has 0 heterocycles. The van der Waals surface area contributed by atoms with Crippen LogP contribution in [0, 0.1) is 11.6 Å². The molecular weight excluding hydrogens is 202 g/mol. The maximum atomic E-state index is 13.2. The van der Waals surface area contributed by atoms with E-state index in [1.165, 1.54) is 12.1 Å². The van der Waals surface area contributed by atoms with Crippen LogP contribution in [0.5, 0.6) is 0 Å². The van der Waals surface area contributed by atoms with Crippen LogP contribution < -0.4 is 0 Å². The molecule has 0 aliphatic heterocycles. The van der Waals surface area contributed by atoms with E-state index in [0.29, 0.717) is 11.3 Å². The van der Waals surface area contributed by atoms with Crippen LogP contribution >= 0.6 is 11.8 Å². The lowest BCUT2D eigenvalue weighted by atomic mass is 10.2. The lowest BCUT2D eigenvalue weighted by molar-refractivity contribution is 0.591. The summed E-state index contributed by atoms with van der Waals surface area (Å²) in [6.45, 7) is 6.15. The highest BCUT2D eigenvalue weighted by atomic mass is 32.2. The third kappa shape index (κ3) is 3.66. The van der Waals surface area contributed by atoms with Crippen molar-refractivity contribution in [1.82, 2.24) is 0 Å². The van der Waals surface area contributed by atoms with Gasteiger partial charge >= 0.3 is 0 Å². The van der Waals surface area contributed by atoms with Crippen molar-refractivity contribution in [2.75, 3.05) is 0 Å². The van der Waals surface area contributed by atoms with E-state index in [1.807, 2.05) is 0 Å². The van der Waals surface area contributed by atoms with Crippen LogP contribution in [0.15, 0.2) is 18.2 Å². The van der Waals surface area contributed by atoms with E-state index in [-0.39, 0.29) is 16.4 Å². The van der Waals surface area contributed by atoms with Crippen molar-refractivity contribution in [3.05, 3.63) is 35.4 Å². The summed E-state index contributed by atoms with van der Waals surface area (Å²) in [5, 5.41) is 0. The largest absolute Gasteiger partial charge is 0.207 e. The first-order valence-corrected chi connectivity index (χ1v) is 5.45. The molecule has 3 heteroatoms. The molecule has 0 bridgehead atoms. The summed E-state index contributed by atoms with van der Waals surface area (Å²) in [7, 11) is 0. The highest BCUT2D eigenvalue weighted by molar-refractivity contribution is 7.99. The number of thioether (sulfide) groups is 1. The van der Waals surface area contributed by atoms with Crippen LogP contribution in [-0.4, -0.2) is 4.75 Å². The zero-order chi connectivity index (χ0) is 10.8. The molecule has 1 aromatic rings. The van der Waals surface area contributed by atoms with Crippen LogP contribution in [0.3, 0.4) is 0 Å². The van der Waals surface area contributed by atoms with Gasteiger partial charge in [-0.15, -0.1) is 0 Å². The zero-order valence-corrected chi connectivity index (χ0v) is 9.42. The van der Waals surface area contributed by atoms with E-state index in [1.54, 1.807) is 11.8 Å². The Morgan fingerprint density at radius 1 is 1.21 bits per heavy atom. The van der Waals surface area contributed by atoms with Crippen LogP contribution in [0.2, 0.25) is 0 Å². The second kappa shape index (κ2) is 4.30. The predicted octanol–water partition coefficient (Wildman–Crippen LogP) is 4.00. The lowest BCUT2D eigenvalue weighted by Gasteiger charge is -2.17. The summed E-state index contributed by atoms with van der Waals surface area (Å²) in [6, 6.07) is 3.57. The molecule has 0 nitrogen and oxygen atoms in total. The second-order valence-electron chi connectivity index (χ2n) is 4.14. The molecule has 1 rings (SSSR count). The van der Waals surface area contributed by atoms with Gasteiger partial charge in [0.1, 0.15) is 11.6 Å². The summed E-state index contributed by atoms with van der Waals surface area (Å²) < 4.78 is 26.0. The molecular formula is C11H14F2S. The minimum atomic E-state index is -0.379. The van der Waals surface area contributed by atoms with Gasteiger partial charge in [0.25, 0.3) is 0 Å². The van der Waals surface area contributed by atoms with E-state index in [0.717, 1.165) is 6.07 Å². The average Bonchev–Trinajstić information content (AvgIpc) is 2.05. The lowest BCUT2D eigenvalue weighted by Crippen LogP contribution is -2.08. The zero-order valence-electron chi connectivity index (χ0n) is 8.60. The molecule has 0 aliphatic carbocycles. The second-order valence-corrected chi connectivity index (χ2v) is 5.94. The van der Waals surface area contributed by atoms with E-state index >= 15 is 0 Å². The fourth-order valence-electron chi connectivity index (χ4n) is 0.948. The standard InChI is InChI=1S/C11H14F2S/c1-11(2,3)14-7-8-6-9(12)4-5-10(8)13/h4-6H,7H2,1-3H3. The van der Waals surface area contributed by atoms with Gasteiger partial charge < -0.3 is 0 Å². The van der Waals surface area contributed by atoms with E-state index in [2.05, 4.69) is 20.8 Å². The monoisotopic (exact) mass is 216 g/mol. The van der Waals surface area contributed by atoms with Gasteiger partial charge in [-0.3, -0.25) is 0 Å². The highest BCUT2D eigenvalue weighted by Crippen LogP contribution is 2.28. The Kier molecular flexibility index (Phi) is 3.53. The van der Waals surface area contributed by atoms with Gasteiger partial charge in [0.2, 0.25) is 0 Å². The van der Waals surface area contributed by atoms with Crippen molar-refractivity contribution >= 4 is 11.8 Å². The van der Waals surface area contributed by atoms with Gasteiger partial charge in [-0.25, -0.2) is 8.78 Å². The summed E-state index contributed by atoms with van der Waals surface area (Å²) in [6.07, 6.45) is 0. The van der Waals surface area contributed by atoms with Crippen molar-refractivity contribution in [2.45, 2.75) is 31.3 Å². The Bertz CT molecular complexity index is 316. The van der Waals surface area contributed by atoms with E-state index < -0.39 is 0 Å². The van der Waals surface area contributed by atoms with Gasteiger partial charge in [-0.1, -0.05) is 20.8 Å². The molecule has 0 spiro atoms. The smallest absolute Gasteiger partial charge is 0.127 e. The number of hydrogen-bond acceptors (Lipinski definition) is 1. The fourth-order valence-corrected chi connectivity index (χ4v) is 1.76. The molecule has 0 atom stereocenters. The summed E-state index contributed by atoms with van der Waals surface area (Å²) in [4.78, 5) is 0. The first-order chi connectivity index (χ1) is 6.38. The van der Waals surface area contributed by atoms with Gasteiger partial charge in [-0.2, -0.15) is 11.8 Å². The molecule has 0 N–H and O–H groups in total. The first-order valence-electron chi connectivity index (χ1n) is 4.46. The van der Waals surface area contributed by atoms with Crippen molar-refractivity contribution in [3.8, 4) is 0 Å². The molecule has 14 heavy (non-hydrogen) atoms. The quantitative estimate of drug-likeness (QED) is 0.720. The third-order valence-electron chi connectivity index (χ3n) is 1.67. The Hall–Kier alpha value is -0.570. The normalized spacial score (nSPS) is 11.8. The first kappa shape index (κ1) is 11.5. The predicted molar refractivity (Wildman–Crippen MR) is 57.4 cm³/mol. The molecule has 1 aromatic carbocycles. The summed E-state index contributed by atoms with van der Waals surface area (Å²) in [5.41, 5.74) is 0.435. The van der Waals surface area contributed by atoms with Gasteiger partial charge in [0.05, 0.1) is 0 Å². The Morgan fingerprint density at radius 3 is 2.43 bits per heavy atom. The van der Waals surface area contributed by atoms with Gasteiger partial charge in [0.15, 0.2) is 0 Å². The SMILES string of the molecule is CC(C)(C)SCc1cc(F)ccc1F. The van der Waals surface area contributed by atoms with Crippen LogP contribution in [0.25, 0.3) is 0 Å².